The molecule has 1 heterocycles. The lowest BCUT2D eigenvalue weighted by molar-refractivity contribution is -0.121. The topological polar surface area (TPSA) is 76.7 Å². The highest BCUT2D eigenvalue weighted by Crippen LogP contribution is 2.28. The third kappa shape index (κ3) is 3.20. The van der Waals surface area contributed by atoms with Crippen molar-refractivity contribution in [3.05, 3.63) is 35.4 Å². The first-order chi connectivity index (χ1) is 9.08. The van der Waals surface area contributed by atoms with Gasteiger partial charge in [-0.2, -0.15) is 5.10 Å². The average molecular weight is 259 g/mol. The predicted molar refractivity (Wildman–Crippen MR) is 74.8 cm³/mol. The molecule has 0 radical (unpaired) electrons. The van der Waals surface area contributed by atoms with E-state index in [-0.39, 0.29) is 12.0 Å². The Morgan fingerprint density at radius 1 is 1.53 bits per heavy atom. The van der Waals surface area contributed by atoms with Gasteiger partial charge in [0.2, 0.25) is 0 Å². The van der Waals surface area contributed by atoms with Crippen molar-refractivity contribution in [3.8, 4) is 5.75 Å². The van der Waals surface area contributed by atoms with Crippen molar-refractivity contribution < 1.29 is 9.53 Å². The summed E-state index contributed by atoms with van der Waals surface area (Å²) >= 11 is 0. The molecule has 2 atom stereocenters. The normalized spacial score (nSPS) is 19.3. The van der Waals surface area contributed by atoms with Gasteiger partial charge in [-0.1, -0.05) is 18.2 Å². The van der Waals surface area contributed by atoms with Gasteiger partial charge in [-0.05, 0) is 26.0 Å². The van der Waals surface area contributed by atoms with E-state index in [0.717, 1.165) is 16.9 Å². The Labute approximate surface area is 112 Å². The summed E-state index contributed by atoms with van der Waals surface area (Å²) in [5.41, 5.74) is 9.70. The van der Waals surface area contributed by atoms with Gasteiger partial charge in [0, 0.05) is 11.1 Å². The fourth-order valence-corrected chi connectivity index (χ4v) is 1.68. The standard InChI is InChI=1S/C14H17N3O2/c1-9(15)14(18)17-16-8-12-7-11-5-3-4-6-13(11)19-10(12)2/h3-10H,15H2,1-2H3,(H,17,18). The van der Waals surface area contributed by atoms with Crippen LogP contribution in [0.3, 0.4) is 0 Å². The molecule has 1 aromatic carbocycles. The summed E-state index contributed by atoms with van der Waals surface area (Å²) in [4.78, 5) is 11.3. The molecule has 19 heavy (non-hydrogen) atoms. The SMILES string of the molecule is CC(N)C(=O)NN=CC1=Cc2ccccc2OC1C. The van der Waals surface area contributed by atoms with Crippen molar-refractivity contribution in [1.82, 2.24) is 5.43 Å². The van der Waals surface area contributed by atoms with E-state index in [1.807, 2.05) is 37.3 Å². The molecule has 5 heteroatoms. The number of benzene rings is 1. The van der Waals surface area contributed by atoms with Crippen molar-refractivity contribution in [2.75, 3.05) is 0 Å². The number of carbonyl (C=O) groups excluding carboxylic acids is 1. The second-order valence-electron chi connectivity index (χ2n) is 4.47. The number of nitrogens with zero attached hydrogens (tertiary/aromatic N) is 1. The van der Waals surface area contributed by atoms with Gasteiger partial charge in [-0.3, -0.25) is 4.79 Å². The second-order valence-corrected chi connectivity index (χ2v) is 4.47. The number of ether oxygens (including phenoxy) is 1. The smallest absolute Gasteiger partial charge is 0.256 e. The highest BCUT2D eigenvalue weighted by Gasteiger charge is 2.16. The van der Waals surface area contributed by atoms with E-state index >= 15 is 0 Å². The Morgan fingerprint density at radius 2 is 2.26 bits per heavy atom. The quantitative estimate of drug-likeness (QED) is 0.634. The van der Waals surface area contributed by atoms with Gasteiger partial charge >= 0.3 is 0 Å². The monoisotopic (exact) mass is 259 g/mol. The van der Waals surface area contributed by atoms with Gasteiger partial charge in [0.05, 0.1) is 12.3 Å². The van der Waals surface area contributed by atoms with E-state index in [1.54, 1.807) is 13.1 Å². The van der Waals surface area contributed by atoms with Crippen molar-refractivity contribution in [2.24, 2.45) is 10.8 Å². The molecular formula is C14H17N3O2. The van der Waals surface area contributed by atoms with E-state index in [9.17, 15) is 4.79 Å². The van der Waals surface area contributed by atoms with Gasteiger partial charge < -0.3 is 10.5 Å². The van der Waals surface area contributed by atoms with Crippen molar-refractivity contribution in [3.63, 3.8) is 0 Å². The van der Waals surface area contributed by atoms with Crippen LogP contribution in [0.1, 0.15) is 19.4 Å². The van der Waals surface area contributed by atoms with Crippen LogP contribution in [0.5, 0.6) is 5.75 Å². The number of para-hydroxylation sites is 1. The molecule has 1 aliphatic heterocycles. The van der Waals surface area contributed by atoms with Crippen LogP contribution in [0, 0.1) is 0 Å². The number of carbonyl (C=O) groups is 1. The maximum atomic E-state index is 11.3. The van der Waals surface area contributed by atoms with Crippen molar-refractivity contribution >= 4 is 18.2 Å². The number of amides is 1. The van der Waals surface area contributed by atoms with E-state index in [0.29, 0.717) is 0 Å². The van der Waals surface area contributed by atoms with Crippen LogP contribution in [0.2, 0.25) is 0 Å². The summed E-state index contributed by atoms with van der Waals surface area (Å²) in [5.74, 6) is 0.536. The van der Waals surface area contributed by atoms with Crippen LogP contribution in [-0.4, -0.2) is 24.3 Å². The summed E-state index contributed by atoms with van der Waals surface area (Å²) in [6, 6.07) is 7.19. The molecule has 5 nitrogen and oxygen atoms in total. The number of nitrogens with two attached hydrogens (primary N) is 1. The molecule has 3 N–H and O–H groups in total. The fourth-order valence-electron chi connectivity index (χ4n) is 1.68. The summed E-state index contributed by atoms with van der Waals surface area (Å²) in [7, 11) is 0. The minimum atomic E-state index is -0.577. The Morgan fingerprint density at radius 3 is 3.00 bits per heavy atom. The number of hydrazone groups is 1. The maximum absolute atomic E-state index is 11.3. The van der Waals surface area contributed by atoms with Crippen LogP contribution >= 0.6 is 0 Å². The fraction of sp³-hybridized carbons (Fsp3) is 0.286. The zero-order valence-electron chi connectivity index (χ0n) is 11.0. The Bertz CT molecular complexity index is 535. The molecule has 2 unspecified atom stereocenters. The molecule has 0 fully saturated rings. The lowest BCUT2D eigenvalue weighted by atomic mass is 10.0. The Hall–Kier alpha value is -2.14. The van der Waals surface area contributed by atoms with Crippen LogP contribution in [0.25, 0.3) is 6.08 Å². The highest BCUT2D eigenvalue weighted by molar-refractivity contribution is 5.90. The van der Waals surface area contributed by atoms with Crippen LogP contribution in [0.4, 0.5) is 0 Å². The van der Waals surface area contributed by atoms with Crippen LogP contribution < -0.4 is 15.9 Å². The largest absolute Gasteiger partial charge is 0.485 e. The number of hydrogen-bond acceptors (Lipinski definition) is 4. The zero-order chi connectivity index (χ0) is 13.8. The first-order valence-electron chi connectivity index (χ1n) is 6.13. The minimum Gasteiger partial charge on any atom is -0.485 e. The molecule has 1 amide bonds. The van der Waals surface area contributed by atoms with Gasteiger partial charge in [0.15, 0.2) is 0 Å². The van der Waals surface area contributed by atoms with Gasteiger partial charge in [-0.25, -0.2) is 5.43 Å². The molecule has 0 aromatic heterocycles. The average Bonchev–Trinajstić information content (AvgIpc) is 2.39. The van der Waals surface area contributed by atoms with E-state index in [1.165, 1.54) is 0 Å². The molecule has 1 aromatic rings. The van der Waals surface area contributed by atoms with E-state index < -0.39 is 6.04 Å². The third-order valence-electron chi connectivity index (χ3n) is 2.82. The van der Waals surface area contributed by atoms with Gasteiger partial charge in [0.25, 0.3) is 5.91 Å². The first kappa shape index (κ1) is 13.3. The first-order valence-corrected chi connectivity index (χ1v) is 6.13. The van der Waals surface area contributed by atoms with E-state index in [4.69, 9.17) is 10.5 Å². The molecule has 0 saturated heterocycles. The second kappa shape index (κ2) is 5.67. The van der Waals surface area contributed by atoms with Gasteiger partial charge in [-0.15, -0.1) is 0 Å². The van der Waals surface area contributed by atoms with Crippen LogP contribution in [0.15, 0.2) is 34.9 Å². The number of rotatable bonds is 3. The molecule has 0 spiro atoms. The third-order valence-corrected chi connectivity index (χ3v) is 2.82. The number of fused-ring (bicyclic) bond motifs is 1. The summed E-state index contributed by atoms with van der Waals surface area (Å²) in [6.07, 6.45) is 3.47. The summed E-state index contributed by atoms with van der Waals surface area (Å²) in [5, 5.41) is 3.89. The van der Waals surface area contributed by atoms with Crippen LogP contribution in [-0.2, 0) is 4.79 Å². The molecule has 100 valence electrons. The molecule has 1 aliphatic rings. The molecule has 2 rings (SSSR count). The zero-order valence-corrected chi connectivity index (χ0v) is 11.0. The van der Waals surface area contributed by atoms with Crippen molar-refractivity contribution in [2.45, 2.75) is 26.0 Å². The van der Waals surface area contributed by atoms with Crippen molar-refractivity contribution in [1.29, 1.82) is 0 Å². The Kier molecular flexibility index (Phi) is 3.97. The Balaban J connectivity index is 2.10. The van der Waals surface area contributed by atoms with Gasteiger partial charge in [0.1, 0.15) is 11.9 Å². The summed E-state index contributed by atoms with van der Waals surface area (Å²) in [6.45, 7) is 3.54. The number of hydrogen-bond donors (Lipinski definition) is 2. The lowest BCUT2D eigenvalue weighted by Gasteiger charge is -2.22. The molecular weight excluding hydrogens is 242 g/mol. The number of nitrogens with one attached hydrogen (secondary N) is 1. The maximum Gasteiger partial charge on any atom is 0.256 e. The highest BCUT2D eigenvalue weighted by atomic mass is 16.5. The summed E-state index contributed by atoms with van der Waals surface area (Å²) < 4.78 is 5.75. The molecule has 0 bridgehead atoms. The molecule has 0 aliphatic carbocycles. The lowest BCUT2D eigenvalue weighted by Crippen LogP contribution is -2.35. The van der Waals surface area contributed by atoms with E-state index in [2.05, 4.69) is 10.5 Å². The minimum absolute atomic E-state index is 0.106. The molecule has 0 saturated carbocycles. The predicted octanol–water partition coefficient (Wildman–Crippen LogP) is 1.30.